The Morgan fingerprint density at radius 3 is 2.74 bits per heavy atom. The van der Waals surface area contributed by atoms with Gasteiger partial charge >= 0.3 is 0 Å². The summed E-state index contributed by atoms with van der Waals surface area (Å²) < 4.78 is 26.0. The molecule has 6 nitrogen and oxygen atoms in total. The minimum absolute atomic E-state index is 0.0553. The molecular weight excluding hydrogens is 268 g/mol. The molecule has 0 spiro atoms. The van der Waals surface area contributed by atoms with E-state index >= 15 is 0 Å². The SMILES string of the molecule is Cc1ccc(S(=O)(=O)NCC(N)=O)c(C#CCO)c1. The highest BCUT2D eigenvalue weighted by molar-refractivity contribution is 7.89. The number of amides is 1. The van der Waals surface area contributed by atoms with Crippen LogP contribution in [0.1, 0.15) is 11.1 Å². The summed E-state index contributed by atoms with van der Waals surface area (Å²) in [4.78, 5) is 10.6. The van der Waals surface area contributed by atoms with Gasteiger partial charge in [0, 0.05) is 5.56 Å². The van der Waals surface area contributed by atoms with Gasteiger partial charge in [-0.05, 0) is 24.6 Å². The van der Waals surface area contributed by atoms with Gasteiger partial charge in [-0.3, -0.25) is 4.79 Å². The van der Waals surface area contributed by atoms with Crippen LogP contribution in [0.15, 0.2) is 23.1 Å². The average molecular weight is 282 g/mol. The molecule has 0 bridgehead atoms. The lowest BCUT2D eigenvalue weighted by molar-refractivity contribution is -0.116. The third kappa shape index (κ3) is 4.37. The quantitative estimate of drug-likeness (QED) is 0.622. The molecule has 4 N–H and O–H groups in total. The summed E-state index contributed by atoms with van der Waals surface area (Å²) in [6.07, 6.45) is 0. The van der Waals surface area contributed by atoms with Gasteiger partial charge in [0.05, 0.1) is 11.4 Å². The van der Waals surface area contributed by atoms with Crippen LogP contribution in [0.4, 0.5) is 0 Å². The summed E-state index contributed by atoms with van der Waals surface area (Å²) in [7, 11) is -3.87. The van der Waals surface area contributed by atoms with Crippen molar-refractivity contribution in [1.29, 1.82) is 0 Å². The van der Waals surface area contributed by atoms with Crippen LogP contribution in [0.3, 0.4) is 0 Å². The fourth-order valence-corrected chi connectivity index (χ4v) is 2.49. The zero-order valence-electron chi connectivity index (χ0n) is 10.3. The topological polar surface area (TPSA) is 109 Å². The van der Waals surface area contributed by atoms with Crippen molar-refractivity contribution >= 4 is 15.9 Å². The first-order chi connectivity index (χ1) is 8.86. The van der Waals surface area contributed by atoms with Gasteiger partial charge in [-0.25, -0.2) is 13.1 Å². The van der Waals surface area contributed by atoms with E-state index in [1.807, 2.05) is 0 Å². The first kappa shape index (κ1) is 15.2. The number of sulfonamides is 1. The molecule has 1 amide bonds. The number of aliphatic hydroxyl groups is 1. The zero-order valence-corrected chi connectivity index (χ0v) is 11.1. The molecule has 7 heteroatoms. The molecule has 0 aliphatic rings. The number of rotatable bonds is 4. The molecule has 0 aliphatic carbocycles. The van der Waals surface area contributed by atoms with E-state index < -0.39 is 22.5 Å². The van der Waals surface area contributed by atoms with Crippen molar-refractivity contribution in [3.63, 3.8) is 0 Å². The van der Waals surface area contributed by atoms with Gasteiger partial charge < -0.3 is 10.8 Å². The maximum Gasteiger partial charge on any atom is 0.242 e. The summed E-state index contributed by atoms with van der Waals surface area (Å²) in [5, 5.41) is 8.67. The molecule has 102 valence electrons. The Morgan fingerprint density at radius 2 is 2.16 bits per heavy atom. The highest BCUT2D eigenvalue weighted by Gasteiger charge is 2.18. The predicted molar refractivity (Wildman–Crippen MR) is 69.5 cm³/mol. The number of primary amides is 1. The maximum atomic E-state index is 12.0. The second-order valence-corrected chi connectivity index (χ2v) is 5.49. The molecule has 1 rings (SSSR count). The van der Waals surface area contributed by atoms with Crippen LogP contribution in [0.2, 0.25) is 0 Å². The van der Waals surface area contributed by atoms with Gasteiger partial charge in [-0.2, -0.15) is 0 Å². The summed E-state index contributed by atoms with van der Waals surface area (Å²) in [5.74, 6) is 4.17. The monoisotopic (exact) mass is 282 g/mol. The molecule has 0 fully saturated rings. The minimum atomic E-state index is -3.87. The second-order valence-electron chi connectivity index (χ2n) is 3.75. The Morgan fingerprint density at radius 1 is 1.47 bits per heavy atom. The van der Waals surface area contributed by atoms with Crippen molar-refractivity contribution in [2.45, 2.75) is 11.8 Å². The van der Waals surface area contributed by atoms with E-state index in [0.717, 1.165) is 5.56 Å². The third-order valence-corrected chi connectivity index (χ3v) is 3.62. The van der Waals surface area contributed by atoms with Crippen molar-refractivity contribution in [1.82, 2.24) is 4.72 Å². The van der Waals surface area contributed by atoms with Crippen molar-refractivity contribution in [3.8, 4) is 11.8 Å². The summed E-state index contributed by atoms with van der Waals surface area (Å²) in [6.45, 7) is 0.933. The maximum absolute atomic E-state index is 12.0. The third-order valence-electron chi connectivity index (χ3n) is 2.16. The first-order valence-corrected chi connectivity index (χ1v) is 6.83. The first-order valence-electron chi connectivity index (χ1n) is 5.35. The summed E-state index contributed by atoms with van der Waals surface area (Å²) >= 11 is 0. The van der Waals surface area contributed by atoms with Gasteiger partial charge in [0.1, 0.15) is 6.61 Å². The zero-order chi connectivity index (χ0) is 14.5. The normalized spacial score (nSPS) is 10.6. The molecule has 0 heterocycles. The Bertz CT molecular complexity index is 641. The molecule has 0 aromatic heterocycles. The summed E-state index contributed by atoms with van der Waals surface area (Å²) in [5.41, 5.74) is 5.98. The van der Waals surface area contributed by atoms with E-state index in [4.69, 9.17) is 10.8 Å². The summed E-state index contributed by atoms with van der Waals surface area (Å²) in [6, 6.07) is 4.59. The predicted octanol–water partition coefficient (Wildman–Crippen LogP) is -0.898. The van der Waals surface area contributed by atoms with E-state index in [2.05, 4.69) is 16.6 Å². The number of benzene rings is 1. The van der Waals surface area contributed by atoms with Crippen LogP contribution in [-0.2, 0) is 14.8 Å². The second kappa shape index (κ2) is 6.33. The molecule has 0 saturated heterocycles. The van der Waals surface area contributed by atoms with Crippen molar-refractivity contribution in [2.24, 2.45) is 5.73 Å². The van der Waals surface area contributed by atoms with Crippen LogP contribution >= 0.6 is 0 Å². The number of aryl methyl sites for hydroxylation is 1. The van der Waals surface area contributed by atoms with Crippen molar-refractivity contribution < 1.29 is 18.3 Å². The number of hydrogen-bond donors (Lipinski definition) is 3. The van der Waals surface area contributed by atoms with Crippen molar-refractivity contribution in [3.05, 3.63) is 29.3 Å². The van der Waals surface area contributed by atoms with Crippen LogP contribution < -0.4 is 10.5 Å². The molecule has 0 atom stereocenters. The highest BCUT2D eigenvalue weighted by atomic mass is 32.2. The van der Waals surface area contributed by atoms with Crippen LogP contribution in [0, 0.1) is 18.8 Å². The number of nitrogens with one attached hydrogen (secondary N) is 1. The molecular formula is C12H14N2O4S. The molecule has 0 saturated carbocycles. The molecule has 19 heavy (non-hydrogen) atoms. The number of carbonyl (C=O) groups excluding carboxylic acids is 1. The lowest BCUT2D eigenvalue weighted by Gasteiger charge is -2.08. The van der Waals surface area contributed by atoms with Gasteiger partial charge in [-0.15, -0.1) is 0 Å². The van der Waals surface area contributed by atoms with Gasteiger partial charge in [0.25, 0.3) is 0 Å². The molecule has 0 unspecified atom stereocenters. The fourth-order valence-electron chi connectivity index (χ4n) is 1.35. The highest BCUT2D eigenvalue weighted by Crippen LogP contribution is 2.16. The van der Waals surface area contributed by atoms with E-state index in [1.54, 1.807) is 19.1 Å². The fraction of sp³-hybridized carbons (Fsp3) is 0.250. The Kier molecular flexibility index (Phi) is 5.06. The molecule has 0 radical (unpaired) electrons. The average Bonchev–Trinajstić information content (AvgIpc) is 2.34. The number of nitrogens with two attached hydrogens (primary N) is 1. The van der Waals surface area contributed by atoms with Gasteiger partial charge in [-0.1, -0.05) is 17.9 Å². The van der Waals surface area contributed by atoms with E-state index in [1.165, 1.54) is 6.07 Å². The Hall–Kier alpha value is -1.88. The largest absolute Gasteiger partial charge is 0.384 e. The van der Waals surface area contributed by atoms with Crippen LogP contribution in [-0.4, -0.2) is 32.6 Å². The lowest BCUT2D eigenvalue weighted by Crippen LogP contribution is -2.33. The van der Waals surface area contributed by atoms with Crippen molar-refractivity contribution in [2.75, 3.05) is 13.2 Å². The van der Waals surface area contributed by atoms with Gasteiger partial charge in [0.15, 0.2) is 0 Å². The smallest absolute Gasteiger partial charge is 0.242 e. The van der Waals surface area contributed by atoms with E-state index in [9.17, 15) is 13.2 Å². The Labute approximate surface area is 111 Å². The van der Waals surface area contributed by atoms with E-state index in [0.29, 0.717) is 0 Å². The molecule has 1 aromatic carbocycles. The number of hydrogen-bond acceptors (Lipinski definition) is 4. The van der Waals surface area contributed by atoms with Crippen LogP contribution in [0.5, 0.6) is 0 Å². The van der Waals surface area contributed by atoms with E-state index in [-0.39, 0.29) is 17.1 Å². The number of carbonyl (C=O) groups is 1. The molecule has 0 aliphatic heterocycles. The number of aliphatic hydroxyl groups excluding tert-OH is 1. The van der Waals surface area contributed by atoms with Gasteiger partial charge in [0.2, 0.25) is 15.9 Å². The van der Waals surface area contributed by atoms with Crippen LogP contribution in [0.25, 0.3) is 0 Å². The molecule has 1 aromatic rings. The lowest BCUT2D eigenvalue weighted by atomic mass is 10.1. The minimum Gasteiger partial charge on any atom is -0.384 e. The Balaban J connectivity index is 3.22. The standard InChI is InChI=1S/C12H14N2O4S/c1-9-4-5-11(10(7-9)3-2-6-15)19(17,18)14-8-12(13)16/h4-5,7,14-15H,6,8H2,1H3,(H2,13,16).